The van der Waals surface area contributed by atoms with E-state index in [-0.39, 0.29) is 12.5 Å². The van der Waals surface area contributed by atoms with Gasteiger partial charge < -0.3 is 14.6 Å². The number of nitrogens with one attached hydrogen (secondary N) is 1. The second-order valence-electron chi connectivity index (χ2n) is 5.30. The van der Waals surface area contributed by atoms with Crippen molar-refractivity contribution in [2.75, 3.05) is 5.32 Å². The highest BCUT2D eigenvalue weighted by Gasteiger charge is 2.18. The molecule has 0 saturated carbocycles. The van der Waals surface area contributed by atoms with Crippen LogP contribution in [0.4, 0.5) is 5.69 Å². The first-order chi connectivity index (χ1) is 10.5. The van der Waals surface area contributed by atoms with Gasteiger partial charge in [0, 0.05) is 12.1 Å². The van der Waals surface area contributed by atoms with E-state index in [4.69, 9.17) is 9.26 Å². The second kappa shape index (κ2) is 5.63. The molecule has 0 unspecified atom stereocenters. The Hall–Kier alpha value is -2.63. The van der Waals surface area contributed by atoms with Gasteiger partial charge in [0.05, 0.1) is 16.8 Å². The highest BCUT2D eigenvalue weighted by molar-refractivity contribution is 5.96. The lowest BCUT2D eigenvalue weighted by molar-refractivity contribution is -0.116. The summed E-state index contributed by atoms with van der Waals surface area (Å²) < 4.78 is 10.4. The Kier molecular flexibility index (Phi) is 3.66. The number of nitrogens with zero attached hydrogens (tertiary/aromatic N) is 1. The molecule has 2 aromatic rings. The molecule has 22 heavy (non-hydrogen) atoms. The summed E-state index contributed by atoms with van der Waals surface area (Å²) >= 11 is 0. The minimum Gasteiger partial charge on any atom is -0.457 e. The van der Waals surface area contributed by atoms with Crippen molar-refractivity contribution < 1.29 is 18.8 Å². The Balaban J connectivity index is 1.72. The molecule has 1 aliphatic heterocycles. The van der Waals surface area contributed by atoms with Crippen molar-refractivity contribution in [1.29, 1.82) is 0 Å². The van der Waals surface area contributed by atoms with E-state index in [9.17, 15) is 9.59 Å². The highest BCUT2D eigenvalue weighted by Crippen LogP contribution is 2.24. The molecule has 1 amide bonds. The minimum absolute atomic E-state index is 0.00114. The maximum atomic E-state index is 12.2. The largest absolute Gasteiger partial charge is 0.457 e. The van der Waals surface area contributed by atoms with Gasteiger partial charge in [-0.1, -0.05) is 5.16 Å². The first-order valence-corrected chi connectivity index (χ1v) is 7.06. The SMILES string of the molecule is Cc1noc(C)c1COC(=O)c1ccc2c(c1)CCC(=O)N2. The van der Waals surface area contributed by atoms with E-state index in [1.165, 1.54) is 0 Å². The Labute approximate surface area is 127 Å². The van der Waals surface area contributed by atoms with E-state index in [1.807, 2.05) is 0 Å². The van der Waals surface area contributed by atoms with Crippen LogP contribution in [-0.2, 0) is 22.6 Å². The molecule has 0 aliphatic carbocycles. The molecule has 0 radical (unpaired) electrons. The normalized spacial score (nSPS) is 13.5. The zero-order valence-electron chi connectivity index (χ0n) is 12.4. The van der Waals surface area contributed by atoms with Crippen LogP contribution in [0.25, 0.3) is 0 Å². The standard InChI is InChI=1S/C16H16N2O4/c1-9-13(10(2)22-18-9)8-21-16(20)12-3-5-14-11(7-12)4-6-15(19)17-14/h3,5,7H,4,6,8H2,1-2H3,(H,17,19). The number of carbonyl (C=O) groups excluding carboxylic acids is 2. The fraction of sp³-hybridized carbons (Fsp3) is 0.312. The molecule has 0 saturated heterocycles. The Morgan fingerprint density at radius 3 is 2.91 bits per heavy atom. The summed E-state index contributed by atoms with van der Waals surface area (Å²) in [4.78, 5) is 23.5. The number of benzene rings is 1. The van der Waals surface area contributed by atoms with E-state index in [2.05, 4.69) is 10.5 Å². The average molecular weight is 300 g/mol. The Bertz CT molecular complexity index is 729. The van der Waals surface area contributed by atoms with Crippen molar-refractivity contribution in [3.05, 3.63) is 46.3 Å². The van der Waals surface area contributed by atoms with Crippen molar-refractivity contribution in [1.82, 2.24) is 5.16 Å². The smallest absolute Gasteiger partial charge is 0.338 e. The third-order valence-electron chi connectivity index (χ3n) is 3.77. The van der Waals surface area contributed by atoms with Crippen molar-refractivity contribution in [3.63, 3.8) is 0 Å². The molecule has 0 fully saturated rings. The molecule has 6 nitrogen and oxygen atoms in total. The van der Waals surface area contributed by atoms with Crippen molar-refractivity contribution in [2.24, 2.45) is 0 Å². The van der Waals surface area contributed by atoms with Gasteiger partial charge in [-0.15, -0.1) is 0 Å². The summed E-state index contributed by atoms with van der Waals surface area (Å²) in [6.45, 7) is 3.72. The first kappa shape index (κ1) is 14.3. The molecule has 6 heteroatoms. The molecule has 1 aromatic heterocycles. The zero-order chi connectivity index (χ0) is 15.7. The fourth-order valence-electron chi connectivity index (χ4n) is 2.44. The fourth-order valence-corrected chi connectivity index (χ4v) is 2.44. The summed E-state index contributed by atoms with van der Waals surface area (Å²) in [5.74, 6) is 0.249. The molecular formula is C16H16N2O4. The lowest BCUT2D eigenvalue weighted by Crippen LogP contribution is -2.19. The zero-order valence-corrected chi connectivity index (χ0v) is 12.4. The van der Waals surface area contributed by atoms with Gasteiger partial charge in [0.2, 0.25) is 5.91 Å². The van der Waals surface area contributed by atoms with Crippen molar-refractivity contribution >= 4 is 17.6 Å². The van der Waals surface area contributed by atoms with Crippen molar-refractivity contribution in [2.45, 2.75) is 33.3 Å². The van der Waals surface area contributed by atoms with E-state index < -0.39 is 5.97 Å². The number of rotatable bonds is 3. The average Bonchev–Trinajstić information content (AvgIpc) is 2.83. The van der Waals surface area contributed by atoms with Crippen LogP contribution >= 0.6 is 0 Å². The predicted octanol–water partition coefficient (Wildman–Crippen LogP) is 2.53. The summed E-state index contributed by atoms with van der Waals surface area (Å²) in [6.07, 6.45) is 1.07. The predicted molar refractivity (Wildman–Crippen MR) is 78.5 cm³/mol. The van der Waals surface area contributed by atoms with E-state index in [0.29, 0.717) is 24.2 Å². The number of hydrogen-bond acceptors (Lipinski definition) is 5. The molecule has 0 atom stereocenters. The van der Waals surface area contributed by atoms with Crippen LogP contribution in [0.2, 0.25) is 0 Å². The first-order valence-electron chi connectivity index (χ1n) is 7.06. The highest BCUT2D eigenvalue weighted by atomic mass is 16.5. The van der Waals surface area contributed by atoms with E-state index >= 15 is 0 Å². The molecule has 3 rings (SSSR count). The summed E-state index contributed by atoms with van der Waals surface area (Å²) in [6, 6.07) is 5.16. The Morgan fingerprint density at radius 2 is 2.18 bits per heavy atom. The molecule has 114 valence electrons. The van der Waals surface area contributed by atoms with Crippen LogP contribution in [0.5, 0.6) is 0 Å². The maximum absolute atomic E-state index is 12.2. The van der Waals surface area contributed by atoms with Gasteiger partial charge in [0.25, 0.3) is 0 Å². The van der Waals surface area contributed by atoms with Crippen LogP contribution in [0.15, 0.2) is 22.7 Å². The van der Waals surface area contributed by atoms with Gasteiger partial charge >= 0.3 is 5.97 Å². The number of hydrogen-bond donors (Lipinski definition) is 1. The topological polar surface area (TPSA) is 81.4 Å². The lowest BCUT2D eigenvalue weighted by atomic mass is 10.0. The maximum Gasteiger partial charge on any atom is 0.338 e. The molecule has 0 spiro atoms. The van der Waals surface area contributed by atoms with E-state index in [0.717, 1.165) is 22.5 Å². The number of anilines is 1. The number of aryl methyl sites for hydroxylation is 3. The minimum atomic E-state index is -0.403. The number of fused-ring (bicyclic) bond motifs is 1. The molecular weight excluding hydrogens is 284 g/mol. The van der Waals surface area contributed by atoms with Gasteiger partial charge in [-0.2, -0.15) is 0 Å². The number of aromatic nitrogens is 1. The number of carbonyl (C=O) groups is 2. The van der Waals surface area contributed by atoms with Gasteiger partial charge in [-0.3, -0.25) is 4.79 Å². The lowest BCUT2D eigenvalue weighted by Gasteiger charge is -2.17. The monoisotopic (exact) mass is 300 g/mol. The molecule has 0 bridgehead atoms. The Morgan fingerprint density at radius 1 is 1.36 bits per heavy atom. The van der Waals surface area contributed by atoms with Gasteiger partial charge in [-0.25, -0.2) is 4.79 Å². The summed E-state index contributed by atoms with van der Waals surface area (Å²) in [5, 5.41) is 6.61. The third kappa shape index (κ3) is 2.72. The number of ether oxygens (including phenoxy) is 1. The van der Waals surface area contributed by atoms with Crippen LogP contribution < -0.4 is 5.32 Å². The quantitative estimate of drug-likeness (QED) is 0.881. The van der Waals surface area contributed by atoms with Gasteiger partial charge in [-0.05, 0) is 44.0 Å². The number of esters is 1. The molecule has 1 N–H and O–H groups in total. The summed E-state index contributed by atoms with van der Waals surface area (Å²) in [7, 11) is 0. The second-order valence-corrected chi connectivity index (χ2v) is 5.30. The molecule has 2 heterocycles. The van der Waals surface area contributed by atoms with E-state index in [1.54, 1.807) is 32.0 Å². The van der Waals surface area contributed by atoms with Crippen LogP contribution in [-0.4, -0.2) is 17.0 Å². The third-order valence-corrected chi connectivity index (χ3v) is 3.77. The van der Waals surface area contributed by atoms with Crippen LogP contribution in [0, 0.1) is 13.8 Å². The van der Waals surface area contributed by atoms with Crippen molar-refractivity contribution in [3.8, 4) is 0 Å². The van der Waals surface area contributed by atoms with Crippen LogP contribution in [0.3, 0.4) is 0 Å². The van der Waals surface area contributed by atoms with Gasteiger partial charge in [0.15, 0.2) is 0 Å². The van der Waals surface area contributed by atoms with Crippen LogP contribution in [0.1, 0.15) is 39.4 Å². The number of amides is 1. The van der Waals surface area contributed by atoms with Gasteiger partial charge in [0.1, 0.15) is 12.4 Å². The molecule has 1 aliphatic rings. The summed E-state index contributed by atoms with van der Waals surface area (Å²) in [5.41, 5.74) is 3.70. The molecule has 1 aromatic carbocycles.